The first-order valence-corrected chi connectivity index (χ1v) is 15.5. The highest BCUT2D eigenvalue weighted by Gasteiger charge is 2.31. The Morgan fingerprint density at radius 2 is 1.79 bits per heavy atom. The summed E-state index contributed by atoms with van der Waals surface area (Å²) in [6, 6.07) is 18.6. The molecule has 0 bridgehead atoms. The number of benzene rings is 3. The van der Waals surface area contributed by atoms with Gasteiger partial charge in [0.15, 0.2) is 11.5 Å². The van der Waals surface area contributed by atoms with Gasteiger partial charge in [-0.1, -0.05) is 31.2 Å². The van der Waals surface area contributed by atoms with Crippen molar-refractivity contribution in [2.24, 2.45) is 5.92 Å². The third-order valence-corrected chi connectivity index (χ3v) is 9.00. The molecule has 2 N–H and O–H groups in total. The first-order valence-electron chi connectivity index (χ1n) is 14.0. The first kappa shape index (κ1) is 29.7. The van der Waals surface area contributed by atoms with Crippen molar-refractivity contribution >= 4 is 21.6 Å². The van der Waals surface area contributed by atoms with Crippen molar-refractivity contribution in [1.29, 1.82) is 0 Å². The molecule has 11 heteroatoms. The predicted molar refractivity (Wildman–Crippen MR) is 158 cm³/mol. The molecule has 2 aliphatic heterocycles. The molecule has 3 atom stereocenters. The molecule has 42 heavy (non-hydrogen) atoms. The van der Waals surface area contributed by atoms with Crippen molar-refractivity contribution in [3.05, 3.63) is 77.9 Å². The number of nitrogens with zero attached hydrogens (tertiary/aromatic N) is 2. The highest BCUT2D eigenvalue weighted by molar-refractivity contribution is 7.92. The molecule has 3 aromatic rings. The summed E-state index contributed by atoms with van der Waals surface area (Å²) in [5, 5.41) is 9.91. The topological polar surface area (TPSA) is 118 Å². The van der Waals surface area contributed by atoms with Gasteiger partial charge >= 0.3 is 0 Å². The molecule has 0 saturated heterocycles. The minimum absolute atomic E-state index is 0.00700. The molecule has 10 nitrogen and oxygen atoms in total. The zero-order valence-electron chi connectivity index (χ0n) is 24.0. The number of sulfonamides is 1. The van der Waals surface area contributed by atoms with Crippen LogP contribution in [-0.2, 0) is 27.8 Å². The van der Waals surface area contributed by atoms with Crippen molar-refractivity contribution in [1.82, 2.24) is 9.80 Å². The number of fused-ring (bicyclic) bond motifs is 2. The van der Waals surface area contributed by atoms with E-state index in [0.717, 1.165) is 17.1 Å². The second-order valence-corrected chi connectivity index (χ2v) is 12.7. The van der Waals surface area contributed by atoms with Crippen LogP contribution in [0.2, 0.25) is 0 Å². The number of ether oxygens (including phenoxy) is 3. The normalized spacial score (nSPS) is 19.4. The van der Waals surface area contributed by atoms with Gasteiger partial charge in [0.1, 0.15) is 11.9 Å². The second kappa shape index (κ2) is 12.6. The van der Waals surface area contributed by atoms with Crippen molar-refractivity contribution in [2.45, 2.75) is 43.9 Å². The maximum Gasteiger partial charge on any atom is 0.261 e. The average Bonchev–Trinajstić information content (AvgIpc) is 3.45. The number of carbonyl (C=O) groups is 1. The fraction of sp³-hybridized carbons (Fsp3) is 0.387. The minimum Gasteiger partial charge on any atom is -0.488 e. The molecule has 0 radical (unpaired) electrons. The van der Waals surface area contributed by atoms with Crippen LogP contribution in [0, 0.1) is 5.92 Å². The lowest BCUT2D eigenvalue weighted by molar-refractivity contribution is -0.134. The minimum atomic E-state index is -3.82. The van der Waals surface area contributed by atoms with Crippen molar-refractivity contribution < 1.29 is 32.5 Å². The van der Waals surface area contributed by atoms with Crippen LogP contribution in [-0.4, -0.2) is 74.9 Å². The Labute approximate surface area is 246 Å². The van der Waals surface area contributed by atoms with Gasteiger partial charge in [0.25, 0.3) is 10.0 Å². The van der Waals surface area contributed by atoms with Gasteiger partial charge in [-0.05, 0) is 62.0 Å². The van der Waals surface area contributed by atoms with Crippen molar-refractivity contribution in [3.63, 3.8) is 0 Å². The number of rotatable bonds is 9. The molecule has 2 heterocycles. The smallest absolute Gasteiger partial charge is 0.261 e. The summed E-state index contributed by atoms with van der Waals surface area (Å²) < 4.78 is 46.1. The summed E-state index contributed by atoms with van der Waals surface area (Å²) in [7, 11) is -1.81. The number of aliphatic hydroxyl groups excluding tert-OH is 1. The largest absolute Gasteiger partial charge is 0.488 e. The summed E-state index contributed by atoms with van der Waals surface area (Å²) in [5.74, 6) is 1.76. The summed E-state index contributed by atoms with van der Waals surface area (Å²) in [6.45, 7) is 5.52. The molecule has 0 aliphatic carbocycles. The lowest BCUT2D eigenvalue weighted by Crippen LogP contribution is -2.47. The molecule has 0 unspecified atom stereocenters. The number of amides is 1. The predicted octanol–water partition coefficient (Wildman–Crippen LogP) is 3.50. The van der Waals surface area contributed by atoms with Crippen LogP contribution >= 0.6 is 0 Å². The van der Waals surface area contributed by atoms with Crippen LogP contribution < -0.4 is 18.9 Å². The Morgan fingerprint density at radius 1 is 1.05 bits per heavy atom. The maximum absolute atomic E-state index is 13.5. The number of nitrogens with one attached hydrogen (secondary N) is 1. The Morgan fingerprint density at radius 3 is 2.55 bits per heavy atom. The lowest BCUT2D eigenvalue weighted by Gasteiger charge is -2.34. The van der Waals surface area contributed by atoms with E-state index in [1.807, 2.05) is 39.1 Å². The summed E-state index contributed by atoms with van der Waals surface area (Å²) >= 11 is 0. The Hall–Kier alpha value is -3.80. The fourth-order valence-electron chi connectivity index (χ4n) is 5.25. The molecule has 5 rings (SSSR count). The van der Waals surface area contributed by atoms with Crippen LogP contribution in [0.25, 0.3) is 0 Å². The average molecular weight is 596 g/mol. The number of carbonyl (C=O) groups excluding carboxylic acids is 1. The number of hydrogen-bond donors (Lipinski definition) is 2. The zero-order chi connectivity index (χ0) is 29.9. The van der Waals surface area contributed by atoms with E-state index in [4.69, 9.17) is 14.2 Å². The monoisotopic (exact) mass is 595 g/mol. The van der Waals surface area contributed by atoms with Crippen LogP contribution in [0.4, 0.5) is 5.69 Å². The number of hydrogen-bond acceptors (Lipinski definition) is 8. The Balaban J connectivity index is 1.40. The third kappa shape index (κ3) is 6.80. The molecule has 224 valence electrons. The summed E-state index contributed by atoms with van der Waals surface area (Å²) in [6.07, 6.45) is -0.290. The Bertz CT molecular complexity index is 1520. The SMILES string of the molecule is C[C@H](CO)N1C[C@H](C)[C@H](CN(C)Cc2ccc3c(c2)OCO3)Oc2ccc(NS(=O)(=O)c3ccccc3)cc2CC1=O. The summed E-state index contributed by atoms with van der Waals surface area (Å²) in [5.41, 5.74) is 1.97. The van der Waals surface area contributed by atoms with Gasteiger partial charge in [0.2, 0.25) is 12.7 Å². The van der Waals surface area contributed by atoms with E-state index in [2.05, 4.69) is 9.62 Å². The molecule has 0 aromatic heterocycles. The first-order chi connectivity index (χ1) is 20.1. The van der Waals surface area contributed by atoms with E-state index < -0.39 is 10.0 Å². The summed E-state index contributed by atoms with van der Waals surface area (Å²) in [4.78, 5) is 17.5. The molecule has 1 amide bonds. The van der Waals surface area contributed by atoms with Crippen molar-refractivity contribution in [3.8, 4) is 17.2 Å². The second-order valence-electron chi connectivity index (χ2n) is 11.0. The molecule has 0 spiro atoms. The van der Waals surface area contributed by atoms with Gasteiger partial charge in [-0.15, -0.1) is 0 Å². The van der Waals surface area contributed by atoms with Gasteiger partial charge in [-0.3, -0.25) is 14.4 Å². The van der Waals surface area contributed by atoms with Gasteiger partial charge < -0.3 is 24.2 Å². The molecular formula is C31H37N3O7S. The number of likely N-dealkylation sites (N-methyl/N-ethyl adjacent to an activating group) is 1. The Kier molecular flexibility index (Phi) is 8.91. The third-order valence-electron chi connectivity index (χ3n) is 7.60. The lowest BCUT2D eigenvalue weighted by atomic mass is 10.0. The van der Waals surface area contributed by atoms with Gasteiger partial charge in [0, 0.05) is 36.8 Å². The van der Waals surface area contributed by atoms with Crippen LogP contribution in [0.1, 0.15) is 25.0 Å². The number of aliphatic hydroxyl groups is 1. The standard InChI is InChI=1S/C31H37N3O7S/c1-21-16-34(22(2)19-35)31(36)15-24-14-25(32-42(37,38)26-7-5-4-6-8-26)10-12-27(24)41-30(21)18-33(3)17-23-9-11-28-29(13-23)40-20-39-28/h4-14,21-22,30,32,35H,15-20H2,1-3H3/t21-,22+,30-/m0/s1. The van der Waals surface area contributed by atoms with E-state index in [9.17, 15) is 18.3 Å². The van der Waals surface area contributed by atoms with Crippen LogP contribution in [0.15, 0.2) is 71.6 Å². The van der Waals surface area contributed by atoms with Gasteiger partial charge in [-0.2, -0.15) is 0 Å². The van der Waals surface area contributed by atoms with E-state index in [0.29, 0.717) is 36.6 Å². The molecule has 0 saturated carbocycles. The quantitative estimate of drug-likeness (QED) is 0.386. The zero-order valence-corrected chi connectivity index (χ0v) is 24.8. The van der Waals surface area contributed by atoms with Gasteiger partial charge in [-0.25, -0.2) is 8.42 Å². The van der Waals surface area contributed by atoms with Gasteiger partial charge in [0.05, 0.1) is 24.0 Å². The van der Waals surface area contributed by atoms with Crippen molar-refractivity contribution in [2.75, 3.05) is 38.3 Å². The number of anilines is 1. The molecular weight excluding hydrogens is 558 g/mol. The highest BCUT2D eigenvalue weighted by Crippen LogP contribution is 2.33. The van der Waals surface area contributed by atoms with E-state index in [-0.39, 0.29) is 48.7 Å². The van der Waals surface area contributed by atoms with E-state index in [1.54, 1.807) is 41.3 Å². The molecule has 3 aromatic carbocycles. The molecule has 0 fully saturated rings. The molecule has 2 aliphatic rings. The van der Waals surface area contributed by atoms with E-state index >= 15 is 0 Å². The van der Waals surface area contributed by atoms with Crippen LogP contribution in [0.3, 0.4) is 0 Å². The highest BCUT2D eigenvalue weighted by atomic mass is 32.2. The van der Waals surface area contributed by atoms with Crippen LogP contribution in [0.5, 0.6) is 17.2 Å². The maximum atomic E-state index is 13.5. The fourth-order valence-corrected chi connectivity index (χ4v) is 6.32. The van der Waals surface area contributed by atoms with E-state index in [1.165, 1.54) is 12.1 Å².